The molecule has 10 aromatic carbocycles. The molecule has 0 saturated heterocycles. The lowest BCUT2D eigenvalue weighted by Gasteiger charge is -2.28. The molecule has 0 unspecified atom stereocenters. The first-order chi connectivity index (χ1) is 30.2. The SMILES string of the molecule is c1cc(-c2ccc(N(c3ccc(-c4ccc5oc6ccccc6c5c4)cc3)c3ccccc3-c3cccc4c3oc3ccccc34)cc2)cc(-c2ccc3ccccc3c2)c1. The summed E-state index contributed by atoms with van der Waals surface area (Å²) in [4.78, 5) is 2.36. The van der Waals surface area contributed by atoms with Crippen molar-refractivity contribution in [1.82, 2.24) is 0 Å². The molecule has 61 heavy (non-hydrogen) atoms. The summed E-state index contributed by atoms with van der Waals surface area (Å²) in [7, 11) is 0. The molecule has 3 nitrogen and oxygen atoms in total. The Hall–Kier alpha value is -8.14. The Balaban J connectivity index is 0.966. The van der Waals surface area contributed by atoms with E-state index in [1.807, 2.05) is 24.3 Å². The van der Waals surface area contributed by atoms with E-state index in [1.54, 1.807) is 0 Å². The highest BCUT2D eigenvalue weighted by Crippen LogP contribution is 2.45. The van der Waals surface area contributed by atoms with Crippen molar-refractivity contribution in [2.45, 2.75) is 0 Å². The minimum atomic E-state index is 0.884. The van der Waals surface area contributed by atoms with Gasteiger partial charge in [-0.25, -0.2) is 0 Å². The average Bonchev–Trinajstić information content (AvgIpc) is 3.91. The van der Waals surface area contributed by atoms with Gasteiger partial charge >= 0.3 is 0 Å². The predicted molar refractivity (Wildman–Crippen MR) is 255 cm³/mol. The molecule has 12 aromatic rings. The zero-order valence-electron chi connectivity index (χ0n) is 33.1. The number of nitrogens with zero attached hydrogens (tertiary/aromatic N) is 1. The van der Waals surface area contributed by atoms with Crippen LogP contribution >= 0.6 is 0 Å². The summed E-state index contributed by atoms with van der Waals surface area (Å²) in [6.45, 7) is 0. The first-order valence-electron chi connectivity index (χ1n) is 20.7. The van der Waals surface area contributed by atoms with Crippen LogP contribution in [0.15, 0.2) is 233 Å². The average molecular weight is 780 g/mol. The fourth-order valence-electron chi connectivity index (χ4n) is 9.04. The highest BCUT2D eigenvalue weighted by molar-refractivity contribution is 6.11. The summed E-state index contributed by atoms with van der Waals surface area (Å²) < 4.78 is 12.7. The van der Waals surface area contributed by atoms with Crippen molar-refractivity contribution >= 4 is 71.7 Å². The molecular formula is C58H37NO2. The van der Waals surface area contributed by atoms with E-state index in [0.29, 0.717) is 0 Å². The third-order valence-corrected chi connectivity index (χ3v) is 12.1. The normalized spacial score (nSPS) is 11.6. The van der Waals surface area contributed by atoms with Crippen molar-refractivity contribution in [3.8, 4) is 44.5 Å². The Bertz CT molecular complexity index is 3590. The van der Waals surface area contributed by atoms with Crippen molar-refractivity contribution in [2.75, 3.05) is 4.90 Å². The summed E-state index contributed by atoms with van der Waals surface area (Å²) in [6, 6.07) is 80.0. The van der Waals surface area contributed by atoms with E-state index in [4.69, 9.17) is 8.83 Å². The molecule has 0 bridgehead atoms. The van der Waals surface area contributed by atoms with Gasteiger partial charge in [0.15, 0.2) is 0 Å². The summed E-state index contributed by atoms with van der Waals surface area (Å²) >= 11 is 0. The van der Waals surface area contributed by atoms with Crippen LogP contribution in [-0.4, -0.2) is 0 Å². The second-order valence-electron chi connectivity index (χ2n) is 15.7. The molecule has 0 aliphatic heterocycles. The van der Waals surface area contributed by atoms with Gasteiger partial charge in [-0.1, -0.05) is 158 Å². The molecule has 286 valence electrons. The Morgan fingerprint density at radius 3 is 1.56 bits per heavy atom. The van der Waals surface area contributed by atoms with Gasteiger partial charge in [0.05, 0.1) is 5.69 Å². The monoisotopic (exact) mass is 779 g/mol. The summed E-state index contributed by atoms with van der Waals surface area (Å²) in [5, 5.41) is 6.96. The molecular weight excluding hydrogens is 743 g/mol. The molecule has 0 radical (unpaired) electrons. The smallest absolute Gasteiger partial charge is 0.143 e. The maximum Gasteiger partial charge on any atom is 0.143 e. The van der Waals surface area contributed by atoms with Gasteiger partial charge in [-0.3, -0.25) is 0 Å². The lowest BCUT2D eigenvalue weighted by molar-refractivity contribution is 0.669. The number of benzene rings is 10. The topological polar surface area (TPSA) is 29.5 Å². The van der Waals surface area contributed by atoms with Crippen molar-refractivity contribution < 1.29 is 8.83 Å². The second-order valence-corrected chi connectivity index (χ2v) is 15.7. The van der Waals surface area contributed by atoms with Crippen LogP contribution in [0, 0.1) is 0 Å². The van der Waals surface area contributed by atoms with Crippen molar-refractivity contribution in [3.63, 3.8) is 0 Å². The molecule has 3 heteroatoms. The number of furan rings is 2. The Labute approximate surface area is 353 Å². The number of fused-ring (bicyclic) bond motifs is 7. The molecule has 0 spiro atoms. The van der Waals surface area contributed by atoms with E-state index < -0.39 is 0 Å². The van der Waals surface area contributed by atoms with Crippen LogP contribution in [0.25, 0.3) is 99.2 Å². The van der Waals surface area contributed by atoms with Crippen LogP contribution in [0.1, 0.15) is 0 Å². The molecule has 0 saturated carbocycles. The van der Waals surface area contributed by atoms with E-state index in [1.165, 1.54) is 27.5 Å². The number of hydrogen-bond acceptors (Lipinski definition) is 3. The summed E-state index contributed by atoms with van der Waals surface area (Å²) in [6.07, 6.45) is 0. The van der Waals surface area contributed by atoms with E-state index in [2.05, 4.69) is 205 Å². The zero-order chi connectivity index (χ0) is 40.3. The van der Waals surface area contributed by atoms with Crippen molar-refractivity contribution in [2.24, 2.45) is 0 Å². The third-order valence-electron chi connectivity index (χ3n) is 12.1. The number of hydrogen-bond donors (Lipinski definition) is 0. The number of para-hydroxylation sites is 4. The minimum Gasteiger partial charge on any atom is -0.456 e. The van der Waals surface area contributed by atoms with Crippen molar-refractivity contribution in [1.29, 1.82) is 0 Å². The van der Waals surface area contributed by atoms with Gasteiger partial charge in [-0.15, -0.1) is 0 Å². The van der Waals surface area contributed by atoms with Crippen molar-refractivity contribution in [3.05, 3.63) is 224 Å². The van der Waals surface area contributed by atoms with Crippen LogP contribution in [0.4, 0.5) is 17.1 Å². The van der Waals surface area contributed by atoms with Crippen LogP contribution in [0.5, 0.6) is 0 Å². The first kappa shape index (κ1) is 34.9. The molecule has 12 rings (SSSR count). The zero-order valence-corrected chi connectivity index (χ0v) is 33.1. The summed E-state index contributed by atoms with van der Waals surface area (Å²) in [5.41, 5.74) is 15.9. The lowest BCUT2D eigenvalue weighted by atomic mass is 9.96. The fourth-order valence-corrected chi connectivity index (χ4v) is 9.04. The van der Waals surface area contributed by atoms with Gasteiger partial charge in [0.1, 0.15) is 22.3 Å². The standard InChI is InChI=1S/C58H37NO2/c1-2-12-41-36-44(24-23-38(41)11-1)43-14-9-13-42(35-43)39-25-30-46(31-26-39)59(47-32-27-40(28-33-47)45-29-34-57-53(37-45)50-17-5-7-21-55(50)60-57)54-20-6-3-15-48(54)51-18-10-19-52-49-16-4-8-22-56(49)61-58(51)52/h1-37H. The van der Waals surface area contributed by atoms with E-state index in [9.17, 15) is 0 Å². The van der Waals surface area contributed by atoms with Gasteiger partial charge in [0, 0.05) is 44.0 Å². The molecule has 0 N–H and O–H groups in total. The maximum atomic E-state index is 6.60. The number of rotatable bonds is 7. The fraction of sp³-hybridized carbons (Fsp3) is 0. The molecule has 0 fully saturated rings. The molecule has 0 aliphatic rings. The molecule has 0 atom stereocenters. The van der Waals surface area contributed by atoms with E-state index in [0.717, 1.165) is 88.8 Å². The molecule has 0 aliphatic carbocycles. The summed E-state index contributed by atoms with van der Waals surface area (Å²) in [5.74, 6) is 0. The third kappa shape index (κ3) is 6.06. The van der Waals surface area contributed by atoms with Crippen LogP contribution in [-0.2, 0) is 0 Å². The molecule has 2 heterocycles. The van der Waals surface area contributed by atoms with E-state index >= 15 is 0 Å². The van der Waals surface area contributed by atoms with Gasteiger partial charge < -0.3 is 13.7 Å². The van der Waals surface area contributed by atoms with Crippen LogP contribution in [0.2, 0.25) is 0 Å². The Morgan fingerprint density at radius 1 is 0.279 bits per heavy atom. The predicted octanol–water partition coefficient (Wildman–Crippen LogP) is 16.8. The van der Waals surface area contributed by atoms with Crippen LogP contribution in [0.3, 0.4) is 0 Å². The first-order valence-corrected chi connectivity index (χ1v) is 20.7. The highest BCUT2D eigenvalue weighted by Gasteiger charge is 2.21. The second kappa shape index (κ2) is 14.3. The number of anilines is 3. The lowest BCUT2D eigenvalue weighted by Crippen LogP contribution is -2.11. The van der Waals surface area contributed by atoms with Gasteiger partial charge in [0.2, 0.25) is 0 Å². The van der Waals surface area contributed by atoms with Gasteiger partial charge in [-0.05, 0) is 111 Å². The quantitative estimate of drug-likeness (QED) is 0.161. The maximum absolute atomic E-state index is 6.60. The van der Waals surface area contributed by atoms with E-state index in [-0.39, 0.29) is 0 Å². The Kier molecular flexibility index (Phi) is 8.17. The molecule has 2 aromatic heterocycles. The van der Waals surface area contributed by atoms with Gasteiger partial charge in [0.25, 0.3) is 0 Å². The largest absolute Gasteiger partial charge is 0.456 e. The highest BCUT2D eigenvalue weighted by atomic mass is 16.3. The molecule has 0 amide bonds. The van der Waals surface area contributed by atoms with Gasteiger partial charge in [-0.2, -0.15) is 0 Å². The minimum absolute atomic E-state index is 0.884. The van der Waals surface area contributed by atoms with Crippen LogP contribution < -0.4 is 4.90 Å². The Morgan fingerprint density at radius 2 is 0.787 bits per heavy atom.